The number of benzene rings is 1. The van der Waals surface area contributed by atoms with Crippen LogP contribution in [0.5, 0.6) is 0 Å². The number of aryl methyl sites for hydroxylation is 1. The molecule has 2 rings (SSSR count). The lowest BCUT2D eigenvalue weighted by atomic mass is 9.75. The lowest BCUT2D eigenvalue weighted by Gasteiger charge is -2.38. The van der Waals surface area contributed by atoms with Gasteiger partial charge in [0.05, 0.1) is 5.25 Å². The predicted molar refractivity (Wildman–Crippen MR) is 82.4 cm³/mol. The van der Waals surface area contributed by atoms with Gasteiger partial charge in [-0.3, -0.25) is 4.21 Å². The van der Waals surface area contributed by atoms with Gasteiger partial charge < -0.3 is 5.73 Å². The molecule has 0 radical (unpaired) electrons. The van der Waals surface area contributed by atoms with Crippen LogP contribution in [0.15, 0.2) is 24.3 Å². The highest BCUT2D eigenvalue weighted by Crippen LogP contribution is 2.37. The highest BCUT2D eigenvalue weighted by Gasteiger charge is 2.36. The fraction of sp³-hybridized carbons (Fsp3) is 0.625. The van der Waals surface area contributed by atoms with Crippen molar-refractivity contribution in [1.82, 2.24) is 0 Å². The topological polar surface area (TPSA) is 43.1 Å². The van der Waals surface area contributed by atoms with Crippen LogP contribution in [0, 0.1) is 12.3 Å². The van der Waals surface area contributed by atoms with Gasteiger partial charge in [0, 0.05) is 22.6 Å². The van der Waals surface area contributed by atoms with Gasteiger partial charge in [-0.25, -0.2) is 0 Å². The van der Waals surface area contributed by atoms with Crippen LogP contribution in [0.3, 0.4) is 0 Å². The molecule has 3 unspecified atom stereocenters. The number of hydrogen-bond donors (Lipinski definition) is 1. The fourth-order valence-corrected chi connectivity index (χ4v) is 4.79. The first-order valence-electron chi connectivity index (χ1n) is 7.06. The minimum Gasteiger partial charge on any atom is -0.327 e. The molecule has 106 valence electrons. The van der Waals surface area contributed by atoms with E-state index in [-0.39, 0.29) is 16.7 Å². The van der Waals surface area contributed by atoms with Gasteiger partial charge in [0.25, 0.3) is 0 Å². The van der Waals surface area contributed by atoms with Gasteiger partial charge in [-0.2, -0.15) is 0 Å². The number of nitrogens with two attached hydrogens (primary N) is 1. The minimum atomic E-state index is -0.867. The molecule has 1 aromatic rings. The smallest absolute Gasteiger partial charge is 0.0507 e. The summed E-state index contributed by atoms with van der Waals surface area (Å²) in [7, 11) is -0.867. The van der Waals surface area contributed by atoms with Crippen molar-refractivity contribution in [1.29, 1.82) is 0 Å². The van der Waals surface area contributed by atoms with Crippen LogP contribution in [0.2, 0.25) is 0 Å². The van der Waals surface area contributed by atoms with Crippen molar-refractivity contribution >= 4 is 10.8 Å². The molecule has 0 spiro atoms. The standard InChI is InChI=1S/C16H25NOS/c1-12-5-4-6-13(9-12)11-19(18)15-10-16(2,3)8-7-14(15)17/h4-6,9,14-15H,7-8,10-11,17H2,1-3H3. The molecule has 1 saturated carbocycles. The molecule has 3 atom stereocenters. The first-order chi connectivity index (χ1) is 8.87. The Kier molecular flexibility index (Phi) is 4.46. The van der Waals surface area contributed by atoms with E-state index in [4.69, 9.17) is 5.73 Å². The van der Waals surface area contributed by atoms with Crippen molar-refractivity contribution in [2.45, 2.75) is 57.1 Å². The Balaban J connectivity index is 2.06. The van der Waals surface area contributed by atoms with Crippen molar-refractivity contribution in [2.24, 2.45) is 11.1 Å². The monoisotopic (exact) mass is 279 g/mol. The van der Waals surface area contributed by atoms with Crippen molar-refractivity contribution < 1.29 is 4.21 Å². The Morgan fingerprint density at radius 1 is 1.42 bits per heavy atom. The van der Waals surface area contributed by atoms with Gasteiger partial charge in [0.1, 0.15) is 0 Å². The molecule has 0 saturated heterocycles. The maximum Gasteiger partial charge on any atom is 0.0507 e. The molecular weight excluding hydrogens is 254 g/mol. The molecule has 3 heteroatoms. The van der Waals surface area contributed by atoms with E-state index in [1.807, 2.05) is 6.07 Å². The zero-order chi connectivity index (χ0) is 14.0. The number of hydrogen-bond acceptors (Lipinski definition) is 2. The molecule has 1 fully saturated rings. The summed E-state index contributed by atoms with van der Waals surface area (Å²) in [5.41, 5.74) is 8.86. The normalized spacial score (nSPS) is 28.0. The van der Waals surface area contributed by atoms with Crippen LogP contribution in [0.4, 0.5) is 0 Å². The molecule has 1 aliphatic rings. The van der Waals surface area contributed by atoms with Gasteiger partial charge in [-0.15, -0.1) is 0 Å². The van der Waals surface area contributed by atoms with E-state index in [9.17, 15) is 4.21 Å². The van der Waals surface area contributed by atoms with E-state index in [1.54, 1.807) is 0 Å². The molecule has 0 aliphatic heterocycles. The summed E-state index contributed by atoms with van der Waals surface area (Å²) >= 11 is 0. The average Bonchev–Trinajstić information content (AvgIpc) is 2.32. The van der Waals surface area contributed by atoms with Crippen molar-refractivity contribution in [3.8, 4) is 0 Å². The largest absolute Gasteiger partial charge is 0.327 e. The molecule has 0 heterocycles. The van der Waals surface area contributed by atoms with Gasteiger partial charge in [-0.05, 0) is 37.2 Å². The van der Waals surface area contributed by atoms with Crippen LogP contribution in [0.1, 0.15) is 44.2 Å². The first kappa shape index (κ1) is 14.7. The van der Waals surface area contributed by atoms with Gasteiger partial charge in [0.15, 0.2) is 0 Å². The average molecular weight is 279 g/mol. The van der Waals surface area contributed by atoms with Crippen molar-refractivity contribution in [3.05, 3.63) is 35.4 Å². The summed E-state index contributed by atoms with van der Waals surface area (Å²) in [6, 6.07) is 8.38. The molecule has 19 heavy (non-hydrogen) atoms. The highest BCUT2D eigenvalue weighted by molar-refractivity contribution is 7.84. The highest BCUT2D eigenvalue weighted by atomic mass is 32.2. The molecule has 0 bridgehead atoms. The van der Waals surface area contributed by atoms with Crippen LogP contribution in [-0.2, 0) is 16.6 Å². The molecule has 2 N–H and O–H groups in total. The maximum absolute atomic E-state index is 12.6. The third-order valence-electron chi connectivity index (χ3n) is 4.11. The summed E-state index contributed by atoms with van der Waals surface area (Å²) in [5.74, 6) is 0.635. The summed E-state index contributed by atoms with van der Waals surface area (Å²) in [6.45, 7) is 6.59. The van der Waals surface area contributed by atoms with Crippen LogP contribution < -0.4 is 5.73 Å². The lowest BCUT2D eigenvalue weighted by Crippen LogP contribution is -2.45. The van der Waals surface area contributed by atoms with E-state index >= 15 is 0 Å². The SMILES string of the molecule is Cc1cccc(CS(=O)C2CC(C)(C)CCC2N)c1. The molecule has 0 aromatic heterocycles. The molecule has 1 aliphatic carbocycles. The molecule has 1 aromatic carbocycles. The maximum atomic E-state index is 12.6. The van der Waals surface area contributed by atoms with Crippen molar-refractivity contribution in [3.63, 3.8) is 0 Å². The summed E-state index contributed by atoms with van der Waals surface area (Å²) < 4.78 is 12.6. The van der Waals surface area contributed by atoms with Gasteiger partial charge >= 0.3 is 0 Å². The van der Waals surface area contributed by atoms with Crippen LogP contribution >= 0.6 is 0 Å². The quantitative estimate of drug-likeness (QED) is 0.923. The number of rotatable bonds is 3. The Morgan fingerprint density at radius 2 is 2.16 bits per heavy atom. The zero-order valence-corrected chi connectivity index (χ0v) is 13.0. The first-order valence-corrected chi connectivity index (χ1v) is 8.44. The molecule has 0 amide bonds. The van der Waals surface area contributed by atoms with E-state index in [0.29, 0.717) is 5.75 Å². The lowest BCUT2D eigenvalue weighted by molar-refractivity contribution is 0.230. The van der Waals surface area contributed by atoms with E-state index in [1.165, 1.54) is 5.56 Å². The summed E-state index contributed by atoms with van der Waals surface area (Å²) in [4.78, 5) is 0. The Labute approximate surface area is 119 Å². The van der Waals surface area contributed by atoms with Gasteiger partial charge in [-0.1, -0.05) is 43.7 Å². The van der Waals surface area contributed by atoms with Crippen molar-refractivity contribution in [2.75, 3.05) is 0 Å². The van der Waals surface area contributed by atoms with Crippen LogP contribution in [-0.4, -0.2) is 15.5 Å². The molecular formula is C16H25NOS. The summed E-state index contributed by atoms with van der Waals surface area (Å²) in [5, 5.41) is 0.143. The Bertz CT molecular complexity index is 470. The third kappa shape index (κ3) is 3.90. The minimum absolute atomic E-state index is 0.0960. The van der Waals surface area contributed by atoms with Gasteiger partial charge in [0.2, 0.25) is 0 Å². The van der Waals surface area contributed by atoms with Crippen LogP contribution in [0.25, 0.3) is 0 Å². The third-order valence-corrected chi connectivity index (χ3v) is 5.92. The molecule has 2 nitrogen and oxygen atoms in total. The van der Waals surface area contributed by atoms with E-state index < -0.39 is 10.8 Å². The zero-order valence-electron chi connectivity index (χ0n) is 12.2. The second-order valence-electron chi connectivity index (χ2n) is 6.62. The predicted octanol–water partition coefficient (Wildman–Crippen LogP) is 3.15. The second-order valence-corrected chi connectivity index (χ2v) is 8.28. The summed E-state index contributed by atoms with van der Waals surface area (Å²) in [6.07, 6.45) is 3.12. The second kappa shape index (κ2) is 5.76. The fourth-order valence-electron chi connectivity index (χ4n) is 2.90. The Hall–Kier alpha value is -0.670. The van der Waals surface area contributed by atoms with E-state index in [0.717, 1.165) is 24.8 Å². The van der Waals surface area contributed by atoms with E-state index in [2.05, 4.69) is 39.0 Å². The Morgan fingerprint density at radius 3 is 2.84 bits per heavy atom.